The zero-order valence-corrected chi connectivity index (χ0v) is 49.1. The Kier molecular flexibility index (Phi) is 23.3. The Bertz CT molecular complexity index is 3490. The average molecular weight is 1270 g/mol. The van der Waals surface area contributed by atoms with Crippen LogP contribution in [-0.2, 0) is 44.6 Å². The minimum Gasteiger partial charge on any atom is -0.508 e. The summed E-state index contributed by atoms with van der Waals surface area (Å²) in [7, 11) is 0. The Hall–Kier alpha value is -11.6. The van der Waals surface area contributed by atoms with E-state index in [4.69, 9.17) is 18.9 Å². The maximum atomic E-state index is 12.9. The number of aromatic hydroxyl groups is 16. The third kappa shape index (κ3) is 21.3. The van der Waals surface area contributed by atoms with Crippen molar-refractivity contribution in [2.75, 3.05) is 26.4 Å². The second kappa shape index (κ2) is 31.6. The summed E-state index contributed by atoms with van der Waals surface area (Å²) in [6, 6.07) is 29.8. The van der Waals surface area contributed by atoms with Gasteiger partial charge in [0.1, 0.15) is 92.0 Å². The van der Waals surface area contributed by atoms with E-state index in [-0.39, 0.29) is 178 Å². The van der Waals surface area contributed by atoms with Crippen molar-refractivity contribution in [2.45, 2.75) is 51.4 Å². The van der Waals surface area contributed by atoms with Gasteiger partial charge in [0, 0.05) is 60.4 Å². The van der Waals surface area contributed by atoms with Crippen LogP contribution in [0.1, 0.15) is 89.4 Å². The third-order valence-corrected chi connectivity index (χ3v) is 14.5. The van der Waals surface area contributed by atoms with Crippen LogP contribution in [0.15, 0.2) is 146 Å². The van der Waals surface area contributed by atoms with E-state index in [1.165, 1.54) is 72.8 Å². The second-order valence-corrected chi connectivity index (χ2v) is 22.0. The molecule has 484 valence electrons. The smallest absolute Gasteiger partial charge is 0.338 e. The normalized spacial score (nSPS) is 12.3. The molecule has 4 atom stereocenters. The molecule has 0 aromatic heterocycles. The van der Waals surface area contributed by atoms with Crippen molar-refractivity contribution >= 4 is 23.9 Å². The molecule has 0 radical (unpaired) electrons. The van der Waals surface area contributed by atoms with E-state index in [0.717, 1.165) is 72.8 Å². The number of phenols is 16. The average Bonchev–Trinajstić information content (AvgIpc) is 1.08. The summed E-state index contributed by atoms with van der Waals surface area (Å²) in [4.78, 5) is 50.9. The van der Waals surface area contributed by atoms with E-state index >= 15 is 0 Å². The van der Waals surface area contributed by atoms with Crippen LogP contribution in [0.4, 0.5) is 0 Å². The number of ether oxygens (including phenoxy) is 4. The molecule has 0 bridgehead atoms. The predicted molar refractivity (Wildman–Crippen MR) is 327 cm³/mol. The predicted octanol–water partition coefficient (Wildman–Crippen LogP) is 9.69. The fourth-order valence-corrected chi connectivity index (χ4v) is 10.6. The molecule has 0 spiro atoms. The Morgan fingerprint density at radius 2 is 0.413 bits per heavy atom. The number of benzene rings is 8. The van der Waals surface area contributed by atoms with Crippen LogP contribution in [-0.4, -0.2) is 132 Å². The van der Waals surface area contributed by atoms with Gasteiger partial charge in [-0.1, -0.05) is 0 Å². The lowest BCUT2D eigenvalue weighted by Crippen LogP contribution is -2.26. The number of hydrogen-bond acceptors (Lipinski definition) is 24. The third-order valence-electron chi connectivity index (χ3n) is 14.5. The zero-order chi connectivity index (χ0) is 66.8. The monoisotopic (exact) mass is 1270 g/mol. The minimum atomic E-state index is -0.827. The van der Waals surface area contributed by atoms with Gasteiger partial charge >= 0.3 is 23.9 Å². The lowest BCUT2D eigenvalue weighted by Gasteiger charge is -2.28. The van der Waals surface area contributed by atoms with Crippen LogP contribution >= 0.6 is 0 Å². The number of rotatable bonds is 26. The molecule has 92 heavy (non-hydrogen) atoms. The van der Waals surface area contributed by atoms with Crippen molar-refractivity contribution < 1.29 is 120 Å². The highest BCUT2D eigenvalue weighted by molar-refractivity contribution is 5.92. The topological polar surface area (TPSA) is 429 Å². The van der Waals surface area contributed by atoms with Crippen LogP contribution < -0.4 is 0 Å². The van der Waals surface area contributed by atoms with Crippen molar-refractivity contribution in [1.29, 1.82) is 0 Å². The molecule has 0 aliphatic heterocycles. The minimum absolute atomic E-state index is 0.0456. The summed E-state index contributed by atoms with van der Waals surface area (Å²) in [5.74, 6) is -8.88. The highest BCUT2D eigenvalue weighted by atomic mass is 16.5. The number of hydrogen-bond donors (Lipinski definition) is 16. The summed E-state index contributed by atoms with van der Waals surface area (Å²) in [5.41, 5.74) is 1.88. The lowest BCUT2D eigenvalue weighted by molar-refractivity contribution is 0.0358. The van der Waals surface area contributed by atoms with Gasteiger partial charge in [-0.15, -0.1) is 0 Å². The fourth-order valence-electron chi connectivity index (χ4n) is 10.6. The van der Waals surface area contributed by atoms with Crippen LogP contribution in [0.5, 0.6) is 92.0 Å². The van der Waals surface area contributed by atoms with Crippen LogP contribution in [0.2, 0.25) is 0 Å². The maximum Gasteiger partial charge on any atom is 0.338 e. The standard InChI is InChI=1S/2C34H34O12/c2*35-25-6-19(7-26(36)14-25)4-21(2-1-3-45-33(43)22-10-29(39)16-30(40)11-22)24(5-20-8-27(37)15-28(38)9-20)18-46-34(44)23-12-31(41)17-32(42)13-23/h2*6-17,21,24,35-42H,1-5,18H2/t2*21-,24+/m10/s1. The van der Waals surface area contributed by atoms with Gasteiger partial charge in [-0.05, 0) is 183 Å². The molecule has 24 heteroatoms. The van der Waals surface area contributed by atoms with E-state index in [1.807, 2.05) is 0 Å². The van der Waals surface area contributed by atoms with Crippen molar-refractivity contribution in [3.63, 3.8) is 0 Å². The Morgan fingerprint density at radius 1 is 0.239 bits per heavy atom. The van der Waals surface area contributed by atoms with Gasteiger partial charge in [-0.3, -0.25) is 0 Å². The number of esters is 4. The molecular formula is C68H68O24. The maximum absolute atomic E-state index is 12.9. The quantitative estimate of drug-likeness (QED) is 0.0136. The van der Waals surface area contributed by atoms with Crippen LogP contribution in [0.25, 0.3) is 0 Å². The van der Waals surface area contributed by atoms with Crippen molar-refractivity contribution in [3.8, 4) is 92.0 Å². The SMILES string of the molecule is O=C(OCCC[C@@H](Cc1cc(O)cc(O)c1)[C@@H](COC(=O)c1cc(O)cc(O)c1)Cc1cc(O)cc(O)c1)c1cc(O)cc(O)c1.O=C(OCCC[C@H](Cc1cc(O)cc(O)c1)[C@H](COC(=O)c1cc(O)cc(O)c1)Cc1cc(O)cc(O)c1)c1cc(O)cc(O)c1. The molecule has 24 nitrogen and oxygen atoms in total. The molecular weight excluding hydrogens is 1200 g/mol. The zero-order valence-electron chi connectivity index (χ0n) is 49.1. The van der Waals surface area contributed by atoms with Crippen LogP contribution in [0.3, 0.4) is 0 Å². The molecule has 0 unspecified atom stereocenters. The molecule has 0 heterocycles. The molecule has 8 rings (SSSR count). The molecule has 0 aliphatic carbocycles. The van der Waals surface area contributed by atoms with Gasteiger partial charge in [0.15, 0.2) is 0 Å². The van der Waals surface area contributed by atoms with Gasteiger partial charge in [0.2, 0.25) is 0 Å². The molecule has 0 aliphatic rings. The fraction of sp³-hybridized carbons (Fsp3) is 0.235. The highest BCUT2D eigenvalue weighted by Gasteiger charge is 2.28. The van der Waals surface area contributed by atoms with E-state index in [1.54, 1.807) is 0 Å². The largest absolute Gasteiger partial charge is 0.508 e. The van der Waals surface area contributed by atoms with E-state index in [9.17, 15) is 101 Å². The Balaban J connectivity index is 0.000000261. The Labute approximate surface area is 525 Å². The summed E-state index contributed by atoms with van der Waals surface area (Å²) in [6.45, 7) is -0.495. The molecule has 16 N–H and O–H groups in total. The summed E-state index contributed by atoms with van der Waals surface area (Å²) >= 11 is 0. The molecule has 0 saturated heterocycles. The van der Waals surface area contributed by atoms with Crippen molar-refractivity contribution in [3.05, 3.63) is 190 Å². The summed E-state index contributed by atoms with van der Waals surface area (Å²) in [6.07, 6.45) is 2.26. The van der Waals surface area contributed by atoms with Gasteiger partial charge in [-0.25, -0.2) is 19.2 Å². The van der Waals surface area contributed by atoms with E-state index in [2.05, 4.69) is 0 Å². The van der Waals surface area contributed by atoms with E-state index < -0.39 is 35.7 Å². The highest BCUT2D eigenvalue weighted by Crippen LogP contribution is 2.36. The first kappa shape index (κ1) is 67.9. The first-order valence-electron chi connectivity index (χ1n) is 28.6. The first-order chi connectivity index (χ1) is 43.7. The van der Waals surface area contributed by atoms with Gasteiger partial charge < -0.3 is 101 Å². The van der Waals surface area contributed by atoms with Crippen molar-refractivity contribution in [2.24, 2.45) is 23.7 Å². The first-order valence-corrected chi connectivity index (χ1v) is 28.6. The summed E-state index contributed by atoms with van der Waals surface area (Å²) in [5, 5.41) is 159. The number of carbonyl (C=O) groups excluding carboxylic acids is 4. The molecule has 0 fully saturated rings. The van der Waals surface area contributed by atoms with Crippen LogP contribution in [0, 0.1) is 23.7 Å². The lowest BCUT2D eigenvalue weighted by atomic mass is 9.80. The number of phenolic OH excluding ortho intramolecular Hbond substituents is 16. The molecule has 8 aromatic carbocycles. The molecule has 8 aromatic rings. The molecule has 0 amide bonds. The Morgan fingerprint density at radius 3 is 0.620 bits per heavy atom. The van der Waals surface area contributed by atoms with Crippen molar-refractivity contribution in [1.82, 2.24) is 0 Å². The van der Waals surface area contributed by atoms with Gasteiger partial charge in [-0.2, -0.15) is 0 Å². The van der Waals surface area contributed by atoms with Gasteiger partial charge in [0.25, 0.3) is 0 Å². The number of carbonyl (C=O) groups is 4. The molecule has 0 saturated carbocycles. The van der Waals surface area contributed by atoms with E-state index in [0.29, 0.717) is 47.9 Å². The van der Waals surface area contributed by atoms with Gasteiger partial charge in [0.05, 0.1) is 48.7 Å². The summed E-state index contributed by atoms with van der Waals surface area (Å²) < 4.78 is 21.9. The second-order valence-electron chi connectivity index (χ2n) is 22.0.